The number of hydrogen-bond acceptors (Lipinski definition) is 5. The van der Waals surface area contributed by atoms with E-state index in [9.17, 15) is 9.59 Å². The van der Waals surface area contributed by atoms with Crippen molar-refractivity contribution in [2.45, 2.75) is 69.8 Å². The van der Waals surface area contributed by atoms with Crippen LogP contribution in [-0.4, -0.2) is 25.0 Å². The number of rotatable bonds is 5. The van der Waals surface area contributed by atoms with Crippen molar-refractivity contribution in [3.63, 3.8) is 0 Å². The maximum atomic E-state index is 13.7. The second-order valence-electron chi connectivity index (χ2n) is 9.84. The van der Waals surface area contributed by atoms with Crippen molar-refractivity contribution in [1.29, 1.82) is 0 Å². The van der Waals surface area contributed by atoms with Gasteiger partial charge in [0.05, 0.1) is 18.6 Å². The average Bonchev–Trinajstić information content (AvgIpc) is 2.88. The van der Waals surface area contributed by atoms with Gasteiger partial charge in [0.2, 0.25) is 0 Å². The molecule has 2 aliphatic carbocycles. The molecule has 0 amide bonds. The minimum absolute atomic E-state index is 0.0604. The summed E-state index contributed by atoms with van der Waals surface area (Å²) in [7, 11) is 1.62. The number of benzene rings is 2. The molecule has 182 valence electrons. The Morgan fingerprint density at radius 2 is 1.66 bits per heavy atom. The summed E-state index contributed by atoms with van der Waals surface area (Å²) >= 11 is 0. The molecule has 0 aromatic heterocycles. The molecule has 0 spiro atoms. The molecule has 35 heavy (non-hydrogen) atoms. The molecule has 2 aromatic rings. The van der Waals surface area contributed by atoms with Gasteiger partial charge in [-0.15, -0.1) is 0 Å². The van der Waals surface area contributed by atoms with Crippen LogP contribution in [0.1, 0.15) is 74.8 Å². The third-order valence-electron chi connectivity index (χ3n) is 7.59. The van der Waals surface area contributed by atoms with Gasteiger partial charge in [0, 0.05) is 29.0 Å². The summed E-state index contributed by atoms with van der Waals surface area (Å²) < 4.78 is 11.7. The molecule has 1 aliphatic heterocycles. The fourth-order valence-corrected chi connectivity index (χ4v) is 5.88. The molecule has 2 aromatic carbocycles. The van der Waals surface area contributed by atoms with Gasteiger partial charge in [-0.1, -0.05) is 55.0 Å². The third-order valence-corrected chi connectivity index (χ3v) is 7.59. The lowest BCUT2D eigenvalue weighted by molar-refractivity contribution is -0.146. The number of allylic oxidation sites excluding steroid dienone is 3. The fourth-order valence-electron chi connectivity index (χ4n) is 5.88. The van der Waals surface area contributed by atoms with Crippen molar-refractivity contribution in [1.82, 2.24) is 5.32 Å². The molecule has 0 radical (unpaired) electrons. The Hall–Kier alpha value is -3.34. The van der Waals surface area contributed by atoms with Gasteiger partial charge >= 0.3 is 5.97 Å². The first-order valence-corrected chi connectivity index (χ1v) is 12.7. The number of nitrogens with one attached hydrogen (secondary N) is 1. The van der Waals surface area contributed by atoms with Crippen LogP contribution in [0.25, 0.3) is 0 Å². The van der Waals surface area contributed by atoms with Crippen molar-refractivity contribution >= 4 is 11.8 Å². The Morgan fingerprint density at radius 3 is 2.40 bits per heavy atom. The molecule has 0 bridgehead atoms. The molecule has 5 heteroatoms. The van der Waals surface area contributed by atoms with Crippen molar-refractivity contribution in [3.8, 4) is 5.75 Å². The Balaban J connectivity index is 1.56. The van der Waals surface area contributed by atoms with E-state index < -0.39 is 5.92 Å². The van der Waals surface area contributed by atoms with Crippen molar-refractivity contribution < 1.29 is 19.1 Å². The van der Waals surface area contributed by atoms with Gasteiger partial charge in [-0.25, -0.2) is 4.79 Å². The van der Waals surface area contributed by atoms with Gasteiger partial charge in [-0.3, -0.25) is 4.79 Å². The normalized spacial score (nSPS) is 23.0. The first kappa shape index (κ1) is 23.4. The third kappa shape index (κ3) is 4.64. The van der Waals surface area contributed by atoms with Crippen LogP contribution < -0.4 is 10.1 Å². The number of hydrogen-bond donors (Lipinski definition) is 1. The predicted molar refractivity (Wildman–Crippen MR) is 135 cm³/mol. The highest BCUT2D eigenvalue weighted by molar-refractivity contribution is 6.04. The Bertz CT molecular complexity index is 1170. The first-order valence-electron chi connectivity index (χ1n) is 12.7. The summed E-state index contributed by atoms with van der Waals surface area (Å²) in [6.07, 6.45) is 6.23. The molecular formula is C30H33NO4. The number of carbonyl (C=O) groups excluding carboxylic acids is 2. The molecular weight excluding hydrogens is 438 g/mol. The number of ether oxygens (including phenoxy) is 2. The number of Topliss-reactive ketones (excluding diaryl/α,β-unsaturated/α-hetero) is 1. The smallest absolute Gasteiger partial charge is 0.337 e. The Morgan fingerprint density at radius 1 is 0.943 bits per heavy atom. The zero-order chi connectivity index (χ0) is 24.4. The SMILES string of the molecule is COc1ccccc1C1C(C(=O)OC2CCCCC2)=C(C)NC2=C1C(=O)CC(c1ccccc1)C2. The number of dihydropyridines is 1. The van der Waals surface area contributed by atoms with Crippen molar-refractivity contribution in [2.24, 2.45) is 0 Å². The van der Waals surface area contributed by atoms with E-state index in [1.165, 1.54) is 6.42 Å². The second kappa shape index (κ2) is 10.1. The monoisotopic (exact) mass is 471 g/mol. The summed E-state index contributed by atoms with van der Waals surface area (Å²) in [5.41, 5.74) is 4.82. The van der Waals surface area contributed by atoms with Crippen LogP contribution in [0.4, 0.5) is 0 Å². The van der Waals surface area contributed by atoms with Crippen LogP contribution in [-0.2, 0) is 14.3 Å². The highest BCUT2D eigenvalue weighted by Crippen LogP contribution is 2.47. The first-order chi connectivity index (χ1) is 17.1. The largest absolute Gasteiger partial charge is 0.496 e. The Labute approximate surface area is 207 Å². The minimum Gasteiger partial charge on any atom is -0.496 e. The molecule has 3 aliphatic rings. The van der Waals surface area contributed by atoms with Crippen LogP contribution in [0.3, 0.4) is 0 Å². The van der Waals surface area contributed by atoms with Crippen LogP contribution >= 0.6 is 0 Å². The molecule has 5 rings (SSSR count). The molecule has 1 heterocycles. The average molecular weight is 472 g/mol. The van der Waals surface area contributed by atoms with Gasteiger partial charge in [0.15, 0.2) is 5.78 Å². The van der Waals surface area contributed by atoms with Gasteiger partial charge in [-0.05, 0) is 56.6 Å². The maximum Gasteiger partial charge on any atom is 0.337 e. The second-order valence-corrected chi connectivity index (χ2v) is 9.84. The number of methoxy groups -OCH3 is 1. The summed E-state index contributed by atoms with van der Waals surface area (Å²) in [6, 6.07) is 17.9. The Kier molecular flexibility index (Phi) is 6.76. The zero-order valence-electron chi connectivity index (χ0n) is 20.5. The molecule has 1 N–H and O–H groups in total. The number of para-hydroxylation sites is 1. The molecule has 2 unspecified atom stereocenters. The lowest BCUT2D eigenvalue weighted by atomic mass is 9.71. The van der Waals surface area contributed by atoms with Crippen LogP contribution in [0.15, 0.2) is 77.1 Å². The highest BCUT2D eigenvalue weighted by Gasteiger charge is 2.42. The molecule has 1 fully saturated rings. The van der Waals surface area contributed by atoms with Crippen LogP contribution in [0, 0.1) is 0 Å². The summed E-state index contributed by atoms with van der Waals surface area (Å²) in [6.45, 7) is 1.92. The van der Waals surface area contributed by atoms with E-state index in [1.54, 1.807) is 7.11 Å². The molecule has 5 nitrogen and oxygen atoms in total. The number of ketones is 1. The van der Waals surface area contributed by atoms with E-state index in [4.69, 9.17) is 9.47 Å². The van der Waals surface area contributed by atoms with E-state index in [2.05, 4.69) is 17.4 Å². The highest BCUT2D eigenvalue weighted by atomic mass is 16.5. The quantitative estimate of drug-likeness (QED) is 0.548. The van der Waals surface area contributed by atoms with Gasteiger partial charge in [0.1, 0.15) is 11.9 Å². The summed E-state index contributed by atoms with van der Waals surface area (Å²) in [4.78, 5) is 27.4. The number of carbonyl (C=O) groups is 2. The zero-order valence-corrected chi connectivity index (χ0v) is 20.5. The minimum atomic E-state index is -0.511. The van der Waals surface area contributed by atoms with Gasteiger partial charge in [0.25, 0.3) is 0 Å². The standard InChI is InChI=1S/C30H33NO4/c1-19-27(30(33)35-22-13-7-4-8-14-22)28(23-15-9-10-16-26(23)34-2)29-24(31-19)17-21(18-25(29)32)20-11-5-3-6-12-20/h3,5-6,9-12,15-16,21-22,28,31H,4,7-8,13-14,17-18H2,1-2H3. The van der Waals surface area contributed by atoms with Crippen LogP contribution in [0.2, 0.25) is 0 Å². The van der Waals surface area contributed by atoms with Crippen LogP contribution in [0.5, 0.6) is 5.75 Å². The molecule has 1 saturated carbocycles. The van der Waals surface area contributed by atoms with E-state index in [0.29, 0.717) is 23.3 Å². The summed E-state index contributed by atoms with van der Waals surface area (Å²) in [5.74, 6) is 0.000775. The number of esters is 1. The van der Waals surface area contributed by atoms with E-state index in [1.807, 2.05) is 49.4 Å². The van der Waals surface area contributed by atoms with Gasteiger partial charge in [-0.2, -0.15) is 0 Å². The maximum absolute atomic E-state index is 13.7. The van der Waals surface area contributed by atoms with E-state index in [-0.39, 0.29) is 23.8 Å². The van der Waals surface area contributed by atoms with Gasteiger partial charge < -0.3 is 14.8 Å². The lowest BCUT2D eigenvalue weighted by Gasteiger charge is -2.37. The molecule has 0 saturated heterocycles. The topological polar surface area (TPSA) is 64.6 Å². The predicted octanol–water partition coefficient (Wildman–Crippen LogP) is 5.93. The summed E-state index contributed by atoms with van der Waals surface area (Å²) in [5, 5.41) is 3.45. The van der Waals surface area contributed by atoms with Crippen molar-refractivity contribution in [2.75, 3.05) is 7.11 Å². The van der Waals surface area contributed by atoms with E-state index >= 15 is 0 Å². The van der Waals surface area contributed by atoms with E-state index in [0.717, 1.165) is 54.6 Å². The molecule has 2 atom stereocenters. The van der Waals surface area contributed by atoms with Crippen molar-refractivity contribution in [3.05, 3.63) is 88.3 Å². The fraction of sp³-hybridized carbons (Fsp3) is 0.400. The lowest BCUT2D eigenvalue weighted by Crippen LogP contribution is -2.37.